The maximum absolute atomic E-state index is 3.70. The van der Waals surface area contributed by atoms with Gasteiger partial charge in [0.25, 0.3) is 0 Å². The van der Waals surface area contributed by atoms with Gasteiger partial charge in [-0.1, -0.05) is 0 Å². The van der Waals surface area contributed by atoms with Gasteiger partial charge in [0.1, 0.15) is 0 Å². The summed E-state index contributed by atoms with van der Waals surface area (Å²) in [7, 11) is 2.23. The molecule has 1 nitrogen and oxygen atoms in total. The first-order valence-corrected chi connectivity index (χ1v) is 15.7. The molecule has 5 rings (SSSR count). The third-order valence-corrected chi connectivity index (χ3v) is 18.1. The van der Waals surface area contributed by atoms with Crippen molar-refractivity contribution in [3.63, 3.8) is 0 Å². The zero-order valence-electron chi connectivity index (χ0n) is 17.5. The molecule has 1 spiro atoms. The van der Waals surface area contributed by atoms with Gasteiger partial charge in [-0.25, -0.2) is 0 Å². The fourth-order valence-corrected chi connectivity index (χ4v) is 16.8. The minimum atomic E-state index is -1.73. The normalized spacial score (nSPS) is 16.2. The summed E-state index contributed by atoms with van der Waals surface area (Å²) >= 11 is -1.73. The third-order valence-electron chi connectivity index (χ3n) is 6.77. The van der Waals surface area contributed by atoms with Crippen LogP contribution < -0.4 is 8.96 Å². The van der Waals surface area contributed by atoms with Gasteiger partial charge in [0.2, 0.25) is 0 Å². The molecule has 0 aliphatic carbocycles. The second-order valence-electron chi connectivity index (χ2n) is 8.40. The van der Waals surface area contributed by atoms with E-state index in [0.29, 0.717) is 0 Å². The molecular weight excluding hydrogens is 487 g/mol. The van der Waals surface area contributed by atoms with Gasteiger partial charge in [0.05, 0.1) is 0 Å². The van der Waals surface area contributed by atoms with E-state index in [9.17, 15) is 0 Å². The van der Waals surface area contributed by atoms with Crippen molar-refractivity contribution in [2.45, 2.75) is 41.9 Å². The summed E-state index contributed by atoms with van der Waals surface area (Å²) in [5.74, 6) is 0. The van der Waals surface area contributed by atoms with Gasteiger partial charge in [-0.05, 0) is 0 Å². The van der Waals surface area contributed by atoms with Gasteiger partial charge in [-0.3, -0.25) is 0 Å². The molecule has 4 heteroatoms. The van der Waals surface area contributed by atoms with E-state index < -0.39 is 13.3 Å². The number of benzene rings is 2. The summed E-state index contributed by atoms with van der Waals surface area (Å²) in [4.78, 5) is 0. The number of rotatable bonds is 2. The standard InChI is InChI=1S/C25H26GeN.B.Y/c1-19-10-11-21(20-8-4-3-5-9-20)16-23(19)25-17-22-12-15-26(13-6-7-14-26)24(22)18-27(25)2;;/h3-5,8,10-11,17-18H,6-7,12-15H2,1-2H3;;/q-1;;. The number of aryl methyl sites for hydroxylation is 3. The number of hydrogen-bond acceptors (Lipinski definition) is 0. The summed E-state index contributed by atoms with van der Waals surface area (Å²) < 4.78 is 4.19. The first-order chi connectivity index (χ1) is 13.2. The van der Waals surface area contributed by atoms with Crippen molar-refractivity contribution >= 4 is 26.1 Å². The Morgan fingerprint density at radius 2 is 1.79 bits per heavy atom. The Kier molecular flexibility index (Phi) is 7.29. The predicted molar refractivity (Wildman–Crippen MR) is 119 cm³/mol. The number of aromatic nitrogens is 1. The predicted octanol–water partition coefficient (Wildman–Crippen LogP) is 4.38. The third kappa shape index (κ3) is 4.10. The number of nitrogens with zero attached hydrogens (tertiary/aromatic N) is 1. The molecule has 2 aromatic carbocycles. The molecule has 1 saturated heterocycles. The first kappa shape index (κ1) is 23.0. The molecule has 142 valence electrons. The fraction of sp³-hybridized carbons (Fsp3) is 0.320. The number of fused-ring (bicyclic) bond motifs is 2. The molecule has 2 aliphatic rings. The van der Waals surface area contributed by atoms with Gasteiger partial charge in [0, 0.05) is 41.1 Å². The number of hydrogen-bond donors (Lipinski definition) is 0. The van der Waals surface area contributed by atoms with Gasteiger partial charge in [0.15, 0.2) is 0 Å². The van der Waals surface area contributed by atoms with Gasteiger partial charge >= 0.3 is 166 Å². The van der Waals surface area contributed by atoms with Crippen molar-refractivity contribution in [2.24, 2.45) is 7.05 Å². The van der Waals surface area contributed by atoms with Crippen LogP contribution in [0.4, 0.5) is 0 Å². The molecule has 0 N–H and O–H groups in total. The smallest absolute Gasteiger partial charge is 0 e. The van der Waals surface area contributed by atoms with Crippen molar-refractivity contribution < 1.29 is 37.3 Å². The number of pyridine rings is 1. The van der Waals surface area contributed by atoms with E-state index >= 15 is 0 Å². The van der Waals surface area contributed by atoms with Crippen molar-refractivity contribution in [3.05, 3.63) is 71.9 Å². The minimum Gasteiger partial charge on any atom is 0 e. The van der Waals surface area contributed by atoms with Crippen LogP contribution in [0.3, 0.4) is 0 Å². The Hall–Kier alpha value is -0.698. The van der Waals surface area contributed by atoms with Crippen molar-refractivity contribution in [1.82, 2.24) is 0 Å². The zero-order valence-corrected chi connectivity index (χ0v) is 22.4. The second-order valence-corrected chi connectivity index (χ2v) is 18.1. The van der Waals surface area contributed by atoms with E-state index in [0.717, 1.165) is 11.1 Å². The van der Waals surface area contributed by atoms with Crippen LogP contribution in [0.25, 0.3) is 22.4 Å². The fourth-order valence-electron chi connectivity index (χ4n) is 5.25. The molecule has 0 unspecified atom stereocenters. The molecule has 1 aromatic heterocycles. The Morgan fingerprint density at radius 3 is 2.52 bits per heavy atom. The molecule has 0 bridgehead atoms. The molecule has 3 aromatic rings. The minimum absolute atomic E-state index is 0. The summed E-state index contributed by atoms with van der Waals surface area (Å²) in [5, 5.41) is 4.66. The van der Waals surface area contributed by atoms with Crippen LogP contribution in [-0.4, -0.2) is 21.7 Å². The summed E-state index contributed by atoms with van der Waals surface area (Å²) in [6.45, 7) is 2.20. The molecule has 0 amide bonds. The average molecular weight is 513 g/mol. The largest absolute Gasteiger partial charge is 0 e. The van der Waals surface area contributed by atoms with E-state index in [-0.39, 0.29) is 41.1 Å². The molecule has 0 atom stereocenters. The molecular formula is C25H26BGeNY-. The maximum atomic E-state index is 3.70. The first-order valence-electron chi connectivity index (χ1n) is 10.2. The average Bonchev–Trinajstić information content (AvgIpc) is 3.31. The van der Waals surface area contributed by atoms with E-state index in [1.807, 2.05) is 16.5 Å². The molecule has 3 heterocycles. The second kappa shape index (κ2) is 9.20. The van der Waals surface area contributed by atoms with Crippen molar-refractivity contribution in [2.75, 3.05) is 0 Å². The SMILES string of the molecule is Cc1ccc(-c2[c-]cccc2)[c-]c1-c1cc2[c](c[n+]1C)[Ge]1([CH2]CC[CH2]1)[CH2]C2.[B].[Y]. The Bertz CT molecular complexity index is 1010. The van der Waals surface area contributed by atoms with Gasteiger partial charge in [-0.2, -0.15) is 0 Å². The van der Waals surface area contributed by atoms with Gasteiger partial charge < -0.3 is 0 Å². The van der Waals surface area contributed by atoms with E-state index in [1.54, 1.807) is 16.1 Å². The van der Waals surface area contributed by atoms with Crippen LogP contribution in [-0.2, 0) is 46.2 Å². The molecule has 29 heavy (non-hydrogen) atoms. The van der Waals surface area contributed by atoms with E-state index in [4.69, 9.17) is 0 Å². The monoisotopic (exact) mass is 514 g/mol. The van der Waals surface area contributed by atoms with Crippen molar-refractivity contribution in [3.8, 4) is 22.4 Å². The Morgan fingerprint density at radius 1 is 1.00 bits per heavy atom. The molecule has 2 aliphatic heterocycles. The summed E-state index contributed by atoms with van der Waals surface area (Å²) in [6, 6.07) is 22.1. The molecule has 4 radical (unpaired) electrons. The van der Waals surface area contributed by atoms with E-state index in [2.05, 4.69) is 67.2 Å². The van der Waals surface area contributed by atoms with Crippen LogP contribution in [0.5, 0.6) is 0 Å². The molecule has 1 fully saturated rings. The van der Waals surface area contributed by atoms with Crippen molar-refractivity contribution in [1.29, 1.82) is 0 Å². The van der Waals surface area contributed by atoms with Crippen LogP contribution in [0, 0.1) is 19.1 Å². The quantitative estimate of drug-likeness (QED) is 0.273. The summed E-state index contributed by atoms with van der Waals surface area (Å²) in [5.41, 5.74) is 7.72. The van der Waals surface area contributed by atoms with Crippen LogP contribution in [0.2, 0.25) is 15.8 Å². The maximum Gasteiger partial charge on any atom is 0 e. The zero-order chi connectivity index (χ0) is 18.4. The Balaban J connectivity index is 0.00000120. The summed E-state index contributed by atoms with van der Waals surface area (Å²) in [6.07, 6.45) is 6.78. The van der Waals surface area contributed by atoms with Crippen LogP contribution >= 0.6 is 0 Å². The topological polar surface area (TPSA) is 3.88 Å². The van der Waals surface area contributed by atoms with Gasteiger partial charge in [-0.15, -0.1) is 0 Å². The van der Waals surface area contributed by atoms with E-state index in [1.165, 1.54) is 41.3 Å². The van der Waals surface area contributed by atoms with Crippen LogP contribution in [0.15, 0.2) is 48.7 Å². The van der Waals surface area contributed by atoms with Crippen LogP contribution in [0.1, 0.15) is 24.0 Å². The Labute approximate surface area is 205 Å². The molecule has 0 saturated carbocycles.